The second-order valence-corrected chi connectivity index (χ2v) is 7.27. The summed E-state index contributed by atoms with van der Waals surface area (Å²) in [6.07, 6.45) is 5.98. The third-order valence-electron chi connectivity index (χ3n) is 4.91. The standard InChI is InChI=1S/C18H30N4O3.ClH/c1-5-25-17(24)18(3,4)22-12-15(11-20-22)21-16(23)10-13(2)14-6-8-19-9-7-14;/h11-14,19H,5-10H2,1-4H3,(H,21,23);1H. The summed E-state index contributed by atoms with van der Waals surface area (Å²) in [4.78, 5) is 24.3. The number of hydrogen-bond acceptors (Lipinski definition) is 5. The number of aromatic nitrogens is 2. The average Bonchev–Trinajstić information content (AvgIpc) is 3.05. The Kier molecular flexibility index (Phi) is 8.56. The molecule has 148 valence electrons. The summed E-state index contributed by atoms with van der Waals surface area (Å²) in [5, 5.41) is 10.4. The van der Waals surface area contributed by atoms with Crippen LogP contribution in [0.25, 0.3) is 0 Å². The molecule has 1 unspecified atom stereocenters. The second-order valence-electron chi connectivity index (χ2n) is 7.27. The lowest BCUT2D eigenvalue weighted by atomic mass is 9.84. The van der Waals surface area contributed by atoms with Crippen LogP contribution in [0.5, 0.6) is 0 Å². The lowest BCUT2D eigenvalue weighted by Gasteiger charge is -2.27. The summed E-state index contributed by atoms with van der Waals surface area (Å²) in [6, 6.07) is 0. The highest BCUT2D eigenvalue weighted by atomic mass is 35.5. The number of carbonyl (C=O) groups is 2. The number of nitrogens with zero attached hydrogens (tertiary/aromatic N) is 2. The van der Waals surface area contributed by atoms with E-state index in [0.29, 0.717) is 30.6 Å². The second kappa shape index (κ2) is 9.92. The van der Waals surface area contributed by atoms with E-state index in [0.717, 1.165) is 25.9 Å². The van der Waals surface area contributed by atoms with Gasteiger partial charge in [0.1, 0.15) is 0 Å². The van der Waals surface area contributed by atoms with Gasteiger partial charge in [-0.1, -0.05) is 6.92 Å². The first-order valence-corrected chi connectivity index (χ1v) is 9.07. The van der Waals surface area contributed by atoms with Gasteiger partial charge in [0.2, 0.25) is 5.91 Å². The van der Waals surface area contributed by atoms with Gasteiger partial charge >= 0.3 is 5.97 Å². The number of halogens is 1. The van der Waals surface area contributed by atoms with Gasteiger partial charge < -0.3 is 15.4 Å². The van der Waals surface area contributed by atoms with Crippen molar-refractivity contribution in [3.05, 3.63) is 12.4 Å². The molecule has 2 rings (SSSR count). The molecule has 8 heteroatoms. The van der Waals surface area contributed by atoms with Gasteiger partial charge in [-0.15, -0.1) is 12.4 Å². The highest BCUT2D eigenvalue weighted by Crippen LogP contribution is 2.25. The molecule has 1 aliphatic rings. The Balaban J connectivity index is 0.00000338. The van der Waals surface area contributed by atoms with Crippen LogP contribution < -0.4 is 10.6 Å². The van der Waals surface area contributed by atoms with E-state index < -0.39 is 5.54 Å². The predicted molar refractivity (Wildman–Crippen MR) is 103 cm³/mol. The van der Waals surface area contributed by atoms with Gasteiger partial charge in [-0.3, -0.25) is 9.48 Å². The maximum absolute atomic E-state index is 12.3. The van der Waals surface area contributed by atoms with E-state index in [1.165, 1.54) is 4.68 Å². The van der Waals surface area contributed by atoms with Crippen LogP contribution in [0.3, 0.4) is 0 Å². The van der Waals surface area contributed by atoms with E-state index in [4.69, 9.17) is 4.74 Å². The Morgan fingerprint density at radius 3 is 2.69 bits per heavy atom. The molecule has 1 amide bonds. The minimum absolute atomic E-state index is 0. The van der Waals surface area contributed by atoms with Gasteiger partial charge in [0.25, 0.3) is 0 Å². The van der Waals surface area contributed by atoms with Crippen LogP contribution >= 0.6 is 12.4 Å². The van der Waals surface area contributed by atoms with Gasteiger partial charge in [0, 0.05) is 12.6 Å². The Hall–Kier alpha value is -1.60. The maximum atomic E-state index is 12.3. The Bertz CT molecular complexity index is 597. The Morgan fingerprint density at radius 2 is 2.08 bits per heavy atom. The summed E-state index contributed by atoms with van der Waals surface area (Å²) < 4.78 is 6.60. The number of hydrogen-bond donors (Lipinski definition) is 2. The molecule has 2 heterocycles. The van der Waals surface area contributed by atoms with Crippen LogP contribution in [-0.4, -0.2) is 41.4 Å². The third kappa shape index (κ3) is 5.71. The number of esters is 1. The third-order valence-corrected chi connectivity index (χ3v) is 4.91. The fourth-order valence-corrected chi connectivity index (χ4v) is 3.18. The van der Waals surface area contributed by atoms with Gasteiger partial charge in [-0.2, -0.15) is 5.10 Å². The highest BCUT2D eigenvalue weighted by molar-refractivity contribution is 5.90. The van der Waals surface area contributed by atoms with Gasteiger partial charge in [0.15, 0.2) is 5.54 Å². The minimum atomic E-state index is -0.915. The topological polar surface area (TPSA) is 85.2 Å². The van der Waals surface area contributed by atoms with E-state index in [1.54, 1.807) is 33.2 Å². The zero-order valence-electron chi connectivity index (χ0n) is 16.1. The van der Waals surface area contributed by atoms with Crippen molar-refractivity contribution >= 4 is 30.0 Å². The molecule has 0 radical (unpaired) electrons. The summed E-state index contributed by atoms with van der Waals surface area (Å²) in [5.74, 6) is 0.584. The molecule has 7 nitrogen and oxygen atoms in total. The zero-order valence-corrected chi connectivity index (χ0v) is 16.9. The molecule has 1 fully saturated rings. The quantitative estimate of drug-likeness (QED) is 0.703. The first-order chi connectivity index (χ1) is 11.8. The number of carbonyl (C=O) groups excluding carboxylic acids is 2. The normalized spacial score (nSPS) is 16.5. The fourth-order valence-electron chi connectivity index (χ4n) is 3.18. The van der Waals surface area contributed by atoms with Crippen LogP contribution in [0.1, 0.15) is 47.0 Å². The molecule has 1 atom stereocenters. The molecular weight excluding hydrogens is 356 g/mol. The van der Waals surface area contributed by atoms with Gasteiger partial charge in [-0.25, -0.2) is 4.79 Å². The van der Waals surface area contributed by atoms with E-state index >= 15 is 0 Å². The smallest absolute Gasteiger partial charge is 0.333 e. The van der Waals surface area contributed by atoms with Crippen molar-refractivity contribution in [3.63, 3.8) is 0 Å². The maximum Gasteiger partial charge on any atom is 0.333 e. The molecule has 0 spiro atoms. The van der Waals surface area contributed by atoms with E-state index in [9.17, 15) is 9.59 Å². The number of piperidine rings is 1. The minimum Gasteiger partial charge on any atom is -0.464 e. The largest absolute Gasteiger partial charge is 0.464 e. The fraction of sp³-hybridized carbons (Fsp3) is 0.722. The van der Waals surface area contributed by atoms with Crippen LogP contribution in [0, 0.1) is 11.8 Å². The molecule has 1 aromatic heterocycles. The Labute approximate surface area is 161 Å². The zero-order chi connectivity index (χ0) is 18.4. The number of ether oxygens (including phenoxy) is 1. The number of anilines is 1. The Morgan fingerprint density at radius 1 is 1.42 bits per heavy atom. The van der Waals surface area contributed by atoms with Crippen LogP contribution in [0.15, 0.2) is 12.4 Å². The van der Waals surface area contributed by atoms with Crippen LogP contribution in [-0.2, 0) is 19.9 Å². The lowest BCUT2D eigenvalue weighted by molar-refractivity contribution is -0.152. The SMILES string of the molecule is CCOC(=O)C(C)(C)n1cc(NC(=O)CC(C)C2CCNCC2)cn1.Cl. The highest BCUT2D eigenvalue weighted by Gasteiger charge is 2.32. The van der Waals surface area contributed by atoms with Crippen molar-refractivity contribution in [1.29, 1.82) is 0 Å². The number of nitrogens with one attached hydrogen (secondary N) is 2. The first-order valence-electron chi connectivity index (χ1n) is 9.07. The average molecular weight is 387 g/mol. The summed E-state index contributed by atoms with van der Waals surface area (Å²) in [7, 11) is 0. The van der Waals surface area contributed by atoms with Crippen LogP contribution in [0.4, 0.5) is 5.69 Å². The molecular formula is C18H31ClN4O3. The van der Waals surface area contributed by atoms with Gasteiger partial charge in [-0.05, 0) is 58.5 Å². The predicted octanol–water partition coefficient (Wildman–Crippen LogP) is 2.57. The summed E-state index contributed by atoms with van der Waals surface area (Å²) in [5.41, 5.74) is -0.318. The molecule has 26 heavy (non-hydrogen) atoms. The summed E-state index contributed by atoms with van der Waals surface area (Å²) >= 11 is 0. The van der Waals surface area contributed by atoms with Crippen molar-refractivity contribution < 1.29 is 14.3 Å². The summed E-state index contributed by atoms with van der Waals surface area (Å²) in [6.45, 7) is 9.78. The molecule has 0 saturated carbocycles. The van der Waals surface area contributed by atoms with Crippen molar-refractivity contribution in [2.75, 3.05) is 25.0 Å². The molecule has 0 aromatic carbocycles. The molecule has 0 bridgehead atoms. The van der Waals surface area contributed by atoms with E-state index in [-0.39, 0.29) is 24.3 Å². The lowest BCUT2D eigenvalue weighted by Crippen LogP contribution is -2.37. The monoisotopic (exact) mass is 386 g/mol. The van der Waals surface area contributed by atoms with Crippen LogP contribution in [0.2, 0.25) is 0 Å². The number of rotatable bonds is 7. The van der Waals surface area contributed by atoms with Crippen molar-refractivity contribution in [1.82, 2.24) is 15.1 Å². The molecule has 1 saturated heterocycles. The van der Waals surface area contributed by atoms with Gasteiger partial charge in [0.05, 0.1) is 18.5 Å². The molecule has 2 N–H and O–H groups in total. The van der Waals surface area contributed by atoms with E-state index in [2.05, 4.69) is 22.7 Å². The molecule has 1 aliphatic heterocycles. The molecule has 1 aromatic rings. The number of amides is 1. The molecule has 0 aliphatic carbocycles. The van der Waals surface area contributed by atoms with Crippen molar-refractivity contribution in [2.45, 2.75) is 52.5 Å². The van der Waals surface area contributed by atoms with Crippen molar-refractivity contribution in [2.24, 2.45) is 11.8 Å². The first kappa shape index (κ1) is 22.4. The van der Waals surface area contributed by atoms with Crippen molar-refractivity contribution in [3.8, 4) is 0 Å². The van der Waals surface area contributed by atoms with E-state index in [1.807, 2.05) is 0 Å².